The van der Waals surface area contributed by atoms with E-state index >= 15 is 0 Å². The second kappa shape index (κ2) is 6.60. The van der Waals surface area contributed by atoms with E-state index in [0.29, 0.717) is 6.54 Å². The lowest BCUT2D eigenvalue weighted by Gasteiger charge is -2.15. The molecule has 2 N–H and O–H groups in total. The first-order valence-corrected chi connectivity index (χ1v) is 8.71. The van der Waals surface area contributed by atoms with E-state index in [4.69, 9.17) is 0 Å². The number of hydrogen-bond donors (Lipinski definition) is 2. The van der Waals surface area contributed by atoms with Crippen LogP contribution in [-0.2, 0) is 10.2 Å². The summed E-state index contributed by atoms with van der Waals surface area (Å²) in [6.45, 7) is 7.87. The average Bonchev–Trinajstić information content (AvgIpc) is 2.77. The van der Waals surface area contributed by atoms with Gasteiger partial charge in [-0.1, -0.05) is 19.1 Å². The molecule has 0 radical (unpaired) electrons. The zero-order valence-electron chi connectivity index (χ0n) is 13.3. The maximum Gasteiger partial charge on any atom is 0.277 e. The van der Waals surface area contributed by atoms with Crippen molar-refractivity contribution in [3.05, 3.63) is 47.3 Å². The Kier molecular flexibility index (Phi) is 5.00. The summed E-state index contributed by atoms with van der Waals surface area (Å²) in [6, 6.07) is 9.40. The lowest BCUT2D eigenvalue weighted by atomic mass is 10.1. The van der Waals surface area contributed by atoms with Crippen LogP contribution in [0.4, 0.5) is 0 Å². The Morgan fingerprint density at radius 1 is 1.23 bits per heavy atom. The molecule has 7 heteroatoms. The first-order valence-electron chi connectivity index (χ1n) is 7.23. The summed E-state index contributed by atoms with van der Waals surface area (Å²) in [5.74, 6) is 0. The summed E-state index contributed by atoms with van der Waals surface area (Å²) in [5.41, 5.74) is 3.88. The van der Waals surface area contributed by atoms with Gasteiger partial charge in [0.05, 0.1) is 11.4 Å². The minimum atomic E-state index is -3.46. The highest BCUT2D eigenvalue weighted by atomic mass is 32.2. The van der Waals surface area contributed by atoms with Crippen LogP contribution in [0.5, 0.6) is 0 Å². The van der Waals surface area contributed by atoms with Gasteiger partial charge in [0.15, 0.2) is 0 Å². The third kappa shape index (κ3) is 3.94. The minimum absolute atomic E-state index is 0.307. The Labute approximate surface area is 131 Å². The lowest BCUT2D eigenvalue weighted by Crippen LogP contribution is -2.37. The SMILES string of the molecule is CCNS(=O)(=O)NC(C)c1ccc(-n2nc(C)cc2C)cc1. The molecule has 0 aliphatic heterocycles. The molecule has 0 amide bonds. The van der Waals surface area contributed by atoms with Crippen LogP contribution in [-0.4, -0.2) is 24.7 Å². The Hall–Kier alpha value is -1.70. The number of hydrogen-bond acceptors (Lipinski definition) is 3. The maximum absolute atomic E-state index is 11.7. The lowest BCUT2D eigenvalue weighted by molar-refractivity contribution is 0.554. The average molecular weight is 322 g/mol. The van der Waals surface area contributed by atoms with E-state index in [2.05, 4.69) is 14.5 Å². The van der Waals surface area contributed by atoms with Crippen LogP contribution in [0.15, 0.2) is 30.3 Å². The molecule has 6 nitrogen and oxygen atoms in total. The molecule has 1 aromatic carbocycles. The Morgan fingerprint density at radius 2 is 1.86 bits per heavy atom. The molecule has 120 valence electrons. The molecule has 2 rings (SSSR count). The summed E-state index contributed by atoms with van der Waals surface area (Å²) < 4.78 is 30.3. The molecule has 1 unspecified atom stereocenters. The quantitative estimate of drug-likeness (QED) is 0.854. The predicted octanol–water partition coefficient (Wildman–Crippen LogP) is 1.99. The molecule has 1 atom stereocenters. The fourth-order valence-electron chi connectivity index (χ4n) is 2.33. The molecule has 0 aliphatic rings. The van der Waals surface area contributed by atoms with Crippen molar-refractivity contribution in [3.8, 4) is 5.69 Å². The van der Waals surface area contributed by atoms with Crippen molar-refractivity contribution in [2.24, 2.45) is 0 Å². The summed E-state index contributed by atoms with van der Waals surface area (Å²) >= 11 is 0. The van der Waals surface area contributed by atoms with Crippen molar-refractivity contribution in [3.63, 3.8) is 0 Å². The van der Waals surface area contributed by atoms with Crippen molar-refractivity contribution in [2.45, 2.75) is 33.7 Å². The van der Waals surface area contributed by atoms with Gasteiger partial charge in [-0.3, -0.25) is 0 Å². The van der Waals surface area contributed by atoms with E-state index in [-0.39, 0.29) is 6.04 Å². The van der Waals surface area contributed by atoms with E-state index < -0.39 is 10.2 Å². The summed E-state index contributed by atoms with van der Waals surface area (Å²) in [5, 5.41) is 4.43. The number of rotatable bonds is 6. The van der Waals surface area contributed by atoms with E-state index in [1.165, 1.54) is 0 Å². The number of nitrogens with one attached hydrogen (secondary N) is 2. The van der Waals surface area contributed by atoms with Crippen LogP contribution in [0.3, 0.4) is 0 Å². The van der Waals surface area contributed by atoms with E-state index in [1.807, 2.05) is 55.8 Å². The number of benzene rings is 1. The highest BCUT2D eigenvalue weighted by Gasteiger charge is 2.14. The van der Waals surface area contributed by atoms with Gasteiger partial charge in [-0.15, -0.1) is 0 Å². The summed E-state index contributed by atoms with van der Waals surface area (Å²) in [6.07, 6.45) is 0. The smallest absolute Gasteiger partial charge is 0.238 e. The van der Waals surface area contributed by atoms with Crippen LogP contribution in [0.25, 0.3) is 5.69 Å². The fourth-order valence-corrected chi connectivity index (χ4v) is 3.39. The molecule has 0 bridgehead atoms. The predicted molar refractivity (Wildman–Crippen MR) is 87.2 cm³/mol. The van der Waals surface area contributed by atoms with Crippen molar-refractivity contribution in [1.29, 1.82) is 0 Å². The first kappa shape index (κ1) is 16.7. The standard InChI is InChI=1S/C15H22N4O2S/c1-5-16-22(20,21)18-13(4)14-6-8-15(9-7-14)19-12(3)10-11(2)17-19/h6-10,13,16,18H,5H2,1-4H3. The van der Waals surface area contributed by atoms with Crippen LogP contribution < -0.4 is 9.44 Å². The molecular weight excluding hydrogens is 300 g/mol. The second-order valence-corrected chi connectivity index (χ2v) is 6.80. The van der Waals surface area contributed by atoms with Gasteiger partial charge >= 0.3 is 0 Å². The monoisotopic (exact) mass is 322 g/mol. The van der Waals surface area contributed by atoms with Crippen LogP contribution in [0.2, 0.25) is 0 Å². The van der Waals surface area contributed by atoms with Crippen LogP contribution >= 0.6 is 0 Å². The third-order valence-corrected chi connectivity index (χ3v) is 4.65. The molecule has 0 spiro atoms. The second-order valence-electron chi connectivity index (χ2n) is 5.27. The van der Waals surface area contributed by atoms with Crippen molar-refractivity contribution < 1.29 is 8.42 Å². The van der Waals surface area contributed by atoms with Crippen LogP contribution in [0.1, 0.15) is 36.8 Å². The normalized spacial score (nSPS) is 13.3. The molecule has 0 saturated heterocycles. The molecule has 0 saturated carbocycles. The van der Waals surface area contributed by atoms with Gasteiger partial charge in [-0.2, -0.15) is 18.2 Å². The minimum Gasteiger partial charge on any atom is -0.238 e. The summed E-state index contributed by atoms with van der Waals surface area (Å²) in [7, 11) is -3.46. The zero-order chi connectivity index (χ0) is 16.3. The van der Waals surface area contributed by atoms with Crippen molar-refractivity contribution in [1.82, 2.24) is 19.2 Å². The van der Waals surface area contributed by atoms with Gasteiger partial charge in [0, 0.05) is 18.3 Å². The van der Waals surface area contributed by atoms with Crippen molar-refractivity contribution in [2.75, 3.05) is 6.54 Å². The molecular formula is C15H22N4O2S. The van der Waals surface area contributed by atoms with Gasteiger partial charge in [0.2, 0.25) is 0 Å². The summed E-state index contributed by atoms with van der Waals surface area (Å²) in [4.78, 5) is 0. The Bertz CT molecular complexity index is 735. The molecule has 2 aromatic rings. The van der Waals surface area contributed by atoms with Gasteiger partial charge in [-0.25, -0.2) is 9.40 Å². The highest BCUT2D eigenvalue weighted by Crippen LogP contribution is 2.17. The van der Waals surface area contributed by atoms with Gasteiger partial charge in [0.25, 0.3) is 10.2 Å². The van der Waals surface area contributed by atoms with Crippen LogP contribution in [0, 0.1) is 13.8 Å². The van der Waals surface area contributed by atoms with Crippen molar-refractivity contribution >= 4 is 10.2 Å². The Balaban J connectivity index is 2.17. The van der Waals surface area contributed by atoms with Gasteiger partial charge in [0.1, 0.15) is 0 Å². The van der Waals surface area contributed by atoms with E-state index in [1.54, 1.807) is 6.92 Å². The van der Waals surface area contributed by atoms with Gasteiger partial charge in [-0.05, 0) is 44.5 Å². The molecule has 1 heterocycles. The maximum atomic E-state index is 11.7. The highest BCUT2D eigenvalue weighted by molar-refractivity contribution is 7.87. The molecule has 22 heavy (non-hydrogen) atoms. The van der Waals surface area contributed by atoms with E-state index in [9.17, 15) is 8.42 Å². The largest absolute Gasteiger partial charge is 0.277 e. The number of aryl methyl sites for hydroxylation is 2. The third-order valence-electron chi connectivity index (χ3n) is 3.31. The van der Waals surface area contributed by atoms with Gasteiger partial charge < -0.3 is 0 Å². The Morgan fingerprint density at radius 3 is 2.36 bits per heavy atom. The number of aromatic nitrogens is 2. The molecule has 0 fully saturated rings. The first-order chi connectivity index (χ1) is 10.3. The number of nitrogens with zero attached hydrogens (tertiary/aromatic N) is 2. The van der Waals surface area contributed by atoms with E-state index in [0.717, 1.165) is 22.6 Å². The molecule has 1 aromatic heterocycles. The molecule has 0 aliphatic carbocycles. The topological polar surface area (TPSA) is 76.0 Å². The fraction of sp³-hybridized carbons (Fsp3) is 0.400. The zero-order valence-corrected chi connectivity index (χ0v) is 14.1.